The predicted molar refractivity (Wildman–Crippen MR) is 78.3 cm³/mol. The van der Waals surface area contributed by atoms with Gasteiger partial charge >= 0.3 is 0 Å². The Morgan fingerprint density at radius 2 is 1.95 bits per heavy atom. The molecule has 0 unspecified atom stereocenters. The molecule has 6 nitrogen and oxygen atoms in total. The zero-order chi connectivity index (χ0) is 15.4. The molecule has 1 amide bonds. The van der Waals surface area contributed by atoms with E-state index in [1.807, 2.05) is 13.8 Å². The Hall–Kier alpha value is -2.08. The Morgan fingerprint density at radius 3 is 2.52 bits per heavy atom. The van der Waals surface area contributed by atoms with E-state index in [-0.39, 0.29) is 11.7 Å². The Balaban J connectivity index is 2.11. The van der Waals surface area contributed by atoms with Crippen molar-refractivity contribution in [1.82, 2.24) is 4.90 Å². The molecule has 1 aliphatic heterocycles. The number of ether oxygens (including phenoxy) is 2. The van der Waals surface area contributed by atoms with Gasteiger partial charge in [-0.1, -0.05) is 0 Å². The molecule has 114 valence electrons. The molecule has 0 aromatic heterocycles. The third-order valence-corrected chi connectivity index (χ3v) is 3.13. The first-order valence-electron chi connectivity index (χ1n) is 6.96. The summed E-state index contributed by atoms with van der Waals surface area (Å²) in [6.45, 7) is 5.58. The Bertz CT molecular complexity index is 536. The molecule has 2 N–H and O–H groups in total. The minimum Gasteiger partial charge on any atom is -0.489 e. The molecule has 1 fully saturated rings. The number of nitrogens with zero attached hydrogens (tertiary/aromatic N) is 1. The molecule has 1 aromatic carbocycles. The molecule has 1 heterocycles. The third kappa shape index (κ3) is 3.72. The molecule has 0 radical (unpaired) electrons. The number of hydrogen-bond donors (Lipinski definition) is 1. The number of hydrogen-bond acceptors (Lipinski definition) is 5. The lowest BCUT2D eigenvalue weighted by Gasteiger charge is -2.26. The quantitative estimate of drug-likeness (QED) is 0.510. The Labute approximate surface area is 123 Å². The highest BCUT2D eigenvalue weighted by Gasteiger charge is 2.25. The van der Waals surface area contributed by atoms with Gasteiger partial charge in [0.05, 0.1) is 25.0 Å². The maximum atomic E-state index is 12.2. The van der Waals surface area contributed by atoms with Gasteiger partial charge in [0, 0.05) is 18.7 Å². The van der Waals surface area contributed by atoms with Gasteiger partial charge in [-0.15, -0.1) is 0 Å². The van der Waals surface area contributed by atoms with E-state index < -0.39 is 11.7 Å². The van der Waals surface area contributed by atoms with Crippen LogP contribution >= 0.6 is 0 Å². The highest BCUT2D eigenvalue weighted by molar-refractivity contribution is 6.42. The fourth-order valence-corrected chi connectivity index (χ4v) is 2.08. The van der Waals surface area contributed by atoms with Crippen LogP contribution in [0.2, 0.25) is 0 Å². The standard InChI is InChI=1S/C15H20N2O4/c1-10(2)21-13-4-3-11(9-12(13)16)14(18)15(19)17-5-7-20-8-6-17/h3-4,9-10H,5-8,16H2,1-2H3. The summed E-state index contributed by atoms with van der Waals surface area (Å²) in [6, 6.07) is 4.67. The Kier molecular flexibility index (Phi) is 4.80. The van der Waals surface area contributed by atoms with E-state index in [2.05, 4.69) is 0 Å². The van der Waals surface area contributed by atoms with E-state index in [9.17, 15) is 9.59 Å². The van der Waals surface area contributed by atoms with Crippen molar-refractivity contribution < 1.29 is 19.1 Å². The molecule has 0 saturated carbocycles. The average molecular weight is 292 g/mol. The van der Waals surface area contributed by atoms with Crippen molar-refractivity contribution in [3.63, 3.8) is 0 Å². The maximum absolute atomic E-state index is 12.2. The highest BCUT2D eigenvalue weighted by Crippen LogP contribution is 2.24. The monoisotopic (exact) mass is 292 g/mol. The molecular formula is C15H20N2O4. The van der Waals surface area contributed by atoms with Gasteiger partial charge in [0.15, 0.2) is 0 Å². The van der Waals surface area contributed by atoms with E-state index >= 15 is 0 Å². The zero-order valence-corrected chi connectivity index (χ0v) is 12.3. The molecule has 0 atom stereocenters. The number of Topliss-reactive ketones (excluding diaryl/α,β-unsaturated/α-hetero) is 1. The molecule has 0 spiro atoms. The van der Waals surface area contributed by atoms with Crippen LogP contribution in [0, 0.1) is 0 Å². The van der Waals surface area contributed by atoms with Gasteiger partial charge in [0.1, 0.15) is 5.75 Å². The number of amides is 1. The molecule has 1 saturated heterocycles. The topological polar surface area (TPSA) is 81.9 Å². The summed E-state index contributed by atoms with van der Waals surface area (Å²) in [5.74, 6) is -0.560. The van der Waals surface area contributed by atoms with Crippen LogP contribution < -0.4 is 10.5 Å². The van der Waals surface area contributed by atoms with E-state index in [0.29, 0.717) is 37.7 Å². The number of nitrogen functional groups attached to an aromatic ring is 1. The van der Waals surface area contributed by atoms with Crippen LogP contribution in [0.5, 0.6) is 5.75 Å². The largest absolute Gasteiger partial charge is 0.489 e. The first kappa shape index (κ1) is 15.3. The lowest BCUT2D eigenvalue weighted by atomic mass is 10.1. The number of ketones is 1. The fraction of sp³-hybridized carbons (Fsp3) is 0.467. The SMILES string of the molecule is CC(C)Oc1ccc(C(=O)C(=O)N2CCOCC2)cc1N. The van der Waals surface area contributed by atoms with Crippen LogP contribution in [0.15, 0.2) is 18.2 Å². The van der Waals surface area contributed by atoms with Crippen molar-refractivity contribution in [3.8, 4) is 5.75 Å². The second-order valence-corrected chi connectivity index (χ2v) is 5.15. The molecular weight excluding hydrogens is 272 g/mol. The van der Waals surface area contributed by atoms with Gasteiger partial charge in [-0.25, -0.2) is 0 Å². The second kappa shape index (κ2) is 6.58. The number of morpholine rings is 1. The van der Waals surface area contributed by atoms with Crippen LogP contribution in [0.1, 0.15) is 24.2 Å². The van der Waals surface area contributed by atoms with Crippen LogP contribution in [0.4, 0.5) is 5.69 Å². The zero-order valence-electron chi connectivity index (χ0n) is 12.3. The molecule has 1 aromatic rings. The minimum absolute atomic E-state index is 0.0103. The van der Waals surface area contributed by atoms with Gasteiger partial charge in [-0.05, 0) is 32.0 Å². The summed E-state index contributed by atoms with van der Waals surface area (Å²) >= 11 is 0. The lowest BCUT2D eigenvalue weighted by Crippen LogP contribution is -2.44. The van der Waals surface area contributed by atoms with E-state index in [0.717, 1.165) is 0 Å². The minimum atomic E-state index is -0.556. The molecule has 21 heavy (non-hydrogen) atoms. The predicted octanol–water partition coefficient (Wildman–Crippen LogP) is 1.10. The van der Waals surface area contributed by atoms with Crippen LogP contribution in [-0.2, 0) is 9.53 Å². The Morgan fingerprint density at radius 1 is 1.29 bits per heavy atom. The summed E-state index contributed by atoms with van der Waals surface area (Å²) in [5, 5.41) is 0. The number of nitrogens with two attached hydrogens (primary N) is 1. The first-order valence-corrected chi connectivity index (χ1v) is 6.96. The lowest BCUT2D eigenvalue weighted by molar-refractivity contribution is -0.130. The molecule has 1 aliphatic rings. The molecule has 2 rings (SSSR count). The van der Waals surface area contributed by atoms with Gasteiger partial charge in [-0.3, -0.25) is 9.59 Å². The smallest absolute Gasteiger partial charge is 0.295 e. The van der Waals surface area contributed by atoms with E-state index in [4.69, 9.17) is 15.2 Å². The van der Waals surface area contributed by atoms with Gasteiger partial charge in [0.2, 0.25) is 5.78 Å². The van der Waals surface area contributed by atoms with Crippen LogP contribution in [0.25, 0.3) is 0 Å². The summed E-state index contributed by atoms with van der Waals surface area (Å²) in [6.07, 6.45) is -0.0103. The van der Waals surface area contributed by atoms with Crippen molar-refractivity contribution in [2.45, 2.75) is 20.0 Å². The van der Waals surface area contributed by atoms with Gasteiger partial charge in [-0.2, -0.15) is 0 Å². The normalized spacial score (nSPS) is 15.1. The van der Waals surface area contributed by atoms with Gasteiger partial charge in [0.25, 0.3) is 5.91 Å². The summed E-state index contributed by atoms with van der Waals surface area (Å²) in [7, 11) is 0. The van der Waals surface area contributed by atoms with E-state index in [1.165, 1.54) is 11.0 Å². The fourth-order valence-electron chi connectivity index (χ4n) is 2.08. The van der Waals surface area contributed by atoms with E-state index in [1.54, 1.807) is 12.1 Å². The molecule has 6 heteroatoms. The van der Waals surface area contributed by atoms with Crippen molar-refractivity contribution in [1.29, 1.82) is 0 Å². The number of carbonyl (C=O) groups excluding carboxylic acids is 2. The maximum Gasteiger partial charge on any atom is 0.295 e. The molecule has 0 aliphatic carbocycles. The number of benzene rings is 1. The van der Waals surface area contributed by atoms with Crippen molar-refractivity contribution in [2.75, 3.05) is 32.0 Å². The highest BCUT2D eigenvalue weighted by atomic mass is 16.5. The average Bonchev–Trinajstić information content (AvgIpc) is 2.48. The van der Waals surface area contributed by atoms with Crippen molar-refractivity contribution in [3.05, 3.63) is 23.8 Å². The molecule has 0 bridgehead atoms. The second-order valence-electron chi connectivity index (χ2n) is 5.15. The third-order valence-electron chi connectivity index (χ3n) is 3.13. The van der Waals surface area contributed by atoms with Crippen molar-refractivity contribution in [2.24, 2.45) is 0 Å². The van der Waals surface area contributed by atoms with Gasteiger partial charge < -0.3 is 20.1 Å². The number of anilines is 1. The number of rotatable bonds is 4. The summed E-state index contributed by atoms with van der Waals surface area (Å²) in [5.41, 5.74) is 6.49. The summed E-state index contributed by atoms with van der Waals surface area (Å²) in [4.78, 5) is 25.8. The summed E-state index contributed by atoms with van der Waals surface area (Å²) < 4.78 is 10.7. The van der Waals surface area contributed by atoms with Crippen LogP contribution in [-0.4, -0.2) is 49.0 Å². The first-order chi connectivity index (χ1) is 9.99. The number of carbonyl (C=O) groups is 2. The van der Waals surface area contributed by atoms with Crippen LogP contribution in [0.3, 0.4) is 0 Å². The van der Waals surface area contributed by atoms with Crippen molar-refractivity contribution >= 4 is 17.4 Å².